The fraction of sp³-hybridized carbons (Fsp3) is 0.267. The Labute approximate surface area is 122 Å². The Morgan fingerprint density at radius 1 is 1.30 bits per heavy atom. The Kier molecular flexibility index (Phi) is 4.20. The van der Waals surface area contributed by atoms with Gasteiger partial charge in [-0.25, -0.2) is 0 Å². The summed E-state index contributed by atoms with van der Waals surface area (Å²) in [5, 5.41) is 0. The lowest BCUT2D eigenvalue weighted by Crippen LogP contribution is -2.50. The molecule has 2 atom stereocenters. The van der Waals surface area contributed by atoms with Crippen LogP contribution in [0.25, 0.3) is 0 Å². The fourth-order valence-electron chi connectivity index (χ4n) is 2.30. The highest BCUT2D eigenvalue weighted by molar-refractivity contribution is 7.99. The Bertz CT molecular complexity index is 564. The van der Waals surface area contributed by atoms with Gasteiger partial charge in [-0.15, -0.1) is 11.8 Å². The van der Waals surface area contributed by atoms with Crippen LogP contribution in [0.5, 0.6) is 5.75 Å². The van der Waals surface area contributed by atoms with E-state index in [-0.39, 0.29) is 12.1 Å². The van der Waals surface area contributed by atoms with E-state index in [4.69, 9.17) is 10.6 Å². The first-order valence-corrected chi connectivity index (χ1v) is 7.59. The highest BCUT2D eigenvalue weighted by atomic mass is 32.2. The number of hydrogen-bond donors (Lipinski definition) is 2. The lowest BCUT2D eigenvalue weighted by Gasteiger charge is -2.31. The third-order valence-corrected chi connectivity index (χ3v) is 4.54. The van der Waals surface area contributed by atoms with Gasteiger partial charge >= 0.3 is 0 Å². The van der Waals surface area contributed by atoms with Crippen molar-refractivity contribution in [3.8, 4) is 5.75 Å². The summed E-state index contributed by atoms with van der Waals surface area (Å²) in [6.07, 6.45) is 4.49. The number of para-hydroxylation sites is 1. The van der Waals surface area contributed by atoms with Crippen LogP contribution < -0.4 is 16.0 Å². The van der Waals surface area contributed by atoms with Gasteiger partial charge in [0, 0.05) is 23.0 Å². The van der Waals surface area contributed by atoms with Crippen molar-refractivity contribution in [1.29, 1.82) is 0 Å². The number of fused-ring (bicyclic) bond motifs is 1. The molecule has 2 unspecified atom stereocenters. The van der Waals surface area contributed by atoms with Crippen LogP contribution in [0, 0.1) is 0 Å². The number of nitrogens with zero attached hydrogens (tertiary/aromatic N) is 1. The van der Waals surface area contributed by atoms with Crippen LogP contribution in [0.2, 0.25) is 0 Å². The molecular formula is C15H17N3OS. The standard InChI is InChI=1S/C15H17N3OS/c16-18-12(9-11-5-7-17-8-6-11)14-10-20-15-4-2-1-3-13(15)19-14/h1-8,12,14,18H,9-10,16H2. The van der Waals surface area contributed by atoms with Crippen LogP contribution in [-0.4, -0.2) is 22.9 Å². The molecule has 0 saturated carbocycles. The summed E-state index contributed by atoms with van der Waals surface area (Å²) in [6.45, 7) is 0. The lowest BCUT2D eigenvalue weighted by atomic mass is 10.0. The SMILES string of the molecule is NNC(Cc1ccncc1)C1CSc2ccccc2O1. The van der Waals surface area contributed by atoms with Crippen molar-refractivity contribution in [2.24, 2.45) is 5.84 Å². The summed E-state index contributed by atoms with van der Waals surface area (Å²) in [7, 11) is 0. The number of nitrogens with two attached hydrogens (primary N) is 1. The average Bonchev–Trinajstić information content (AvgIpc) is 2.53. The van der Waals surface area contributed by atoms with Crippen LogP contribution in [0.1, 0.15) is 5.56 Å². The van der Waals surface area contributed by atoms with E-state index in [1.54, 1.807) is 12.4 Å². The van der Waals surface area contributed by atoms with Gasteiger partial charge in [0.2, 0.25) is 0 Å². The van der Waals surface area contributed by atoms with Crippen molar-refractivity contribution in [3.05, 3.63) is 54.4 Å². The van der Waals surface area contributed by atoms with Gasteiger partial charge in [-0.05, 0) is 36.2 Å². The predicted octanol–water partition coefficient (Wildman–Crippen LogP) is 2.01. The van der Waals surface area contributed by atoms with Crippen molar-refractivity contribution in [3.63, 3.8) is 0 Å². The largest absolute Gasteiger partial charge is 0.487 e. The quantitative estimate of drug-likeness (QED) is 0.665. The molecule has 3 N–H and O–H groups in total. The third kappa shape index (κ3) is 2.95. The van der Waals surface area contributed by atoms with Crippen LogP contribution >= 0.6 is 11.8 Å². The minimum absolute atomic E-state index is 0.0630. The number of nitrogens with one attached hydrogen (secondary N) is 1. The van der Waals surface area contributed by atoms with E-state index in [9.17, 15) is 0 Å². The molecule has 0 amide bonds. The number of hydrazine groups is 1. The molecule has 0 bridgehead atoms. The number of aromatic nitrogens is 1. The van der Waals surface area contributed by atoms with Crippen molar-refractivity contribution in [1.82, 2.24) is 10.4 Å². The molecule has 1 aliphatic rings. The molecule has 0 aliphatic carbocycles. The molecule has 4 nitrogen and oxygen atoms in total. The Morgan fingerprint density at radius 2 is 2.10 bits per heavy atom. The van der Waals surface area contributed by atoms with Gasteiger partial charge in [0.1, 0.15) is 11.9 Å². The first-order chi connectivity index (χ1) is 9.86. The van der Waals surface area contributed by atoms with Gasteiger partial charge in [-0.1, -0.05) is 12.1 Å². The minimum Gasteiger partial charge on any atom is -0.487 e. The molecule has 0 radical (unpaired) electrons. The maximum absolute atomic E-state index is 6.08. The van der Waals surface area contributed by atoms with Crippen LogP contribution in [0.15, 0.2) is 53.7 Å². The van der Waals surface area contributed by atoms with E-state index < -0.39 is 0 Å². The van der Waals surface area contributed by atoms with E-state index in [1.165, 1.54) is 10.5 Å². The second-order valence-electron chi connectivity index (χ2n) is 4.75. The fourth-order valence-corrected chi connectivity index (χ4v) is 3.38. The monoisotopic (exact) mass is 287 g/mol. The van der Waals surface area contributed by atoms with E-state index in [0.717, 1.165) is 17.9 Å². The van der Waals surface area contributed by atoms with Crippen molar-refractivity contribution >= 4 is 11.8 Å². The Morgan fingerprint density at radius 3 is 2.90 bits per heavy atom. The zero-order valence-corrected chi connectivity index (χ0v) is 11.8. The molecule has 0 saturated heterocycles. The second-order valence-corrected chi connectivity index (χ2v) is 5.81. The summed E-state index contributed by atoms with van der Waals surface area (Å²) in [5.74, 6) is 7.56. The highest BCUT2D eigenvalue weighted by Crippen LogP contribution is 2.35. The van der Waals surface area contributed by atoms with E-state index in [0.29, 0.717) is 0 Å². The van der Waals surface area contributed by atoms with Crippen LogP contribution in [0.3, 0.4) is 0 Å². The van der Waals surface area contributed by atoms with Gasteiger partial charge in [-0.2, -0.15) is 0 Å². The highest BCUT2D eigenvalue weighted by Gasteiger charge is 2.27. The first-order valence-electron chi connectivity index (χ1n) is 6.60. The molecule has 2 heterocycles. The average molecular weight is 287 g/mol. The van der Waals surface area contributed by atoms with Crippen LogP contribution in [0.4, 0.5) is 0 Å². The number of thioether (sulfide) groups is 1. The molecule has 5 heteroatoms. The maximum atomic E-state index is 6.08. The van der Waals surface area contributed by atoms with E-state index >= 15 is 0 Å². The minimum atomic E-state index is 0.0630. The topological polar surface area (TPSA) is 60.2 Å². The number of hydrogen-bond acceptors (Lipinski definition) is 5. The molecule has 1 aliphatic heterocycles. The molecule has 0 spiro atoms. The van der Waals surface area contributed by atoms with Crippen LogP contribution in [-0.2, 0) is 6.42 Å². The third-order valence-electron chi connectivity index (χ3n) is 3.40. The predicted molar refractivity (Wildman–Crippen MR) is 80.6 cm³/mol. The smallest absolute Gasteiger partial charge is 0.133 e. The van der Waals surface area contributed by atoms with Gasteiger partial charge < -0.3 is 4.74 Å². The molecule has 2 aromatic rings. The Hall–Kier alpha value is -1.56. The summed E-state index contributed by atoms with van der Waals surface area (Å²) >= 11 is 1.82. The normalized spacial score (nSPS) is 18.9. The Balaban J connectivity index is 1.72. The molecule has 104 valence electrons. The first kappa shape index (κ1) is 13.4. The zero-order valence-electron chi connectivity index (χ0n) is 11.0. The van der Waals surface area contributed by atoms with Crippen molar-refractivity contribution < 1.29 is 4.74 Å². The van der Waals surface area contributed by atoms with Gasteiger partial charge in [0.05, 0.1) is 6.04 Å². The van der Waals surface area contributed by atoms with E-state index in [1.807, 2.05) is 42.1 Å². The summed E-state index contributed by atoms with van der Waals surface area (Å²) in [4.78, 5) is 5.23. The molecule has 0 fully saturated rings. The van der Waals surface area contributed by atoms with Gasteiger partial charge in [0.25, 0.3) is 0 Å². The number of rotatable bonds is 4. The molecule has 3 rings (SSSR count). The second kappa shape index (κ2) is 6.26. The van der Waals surface area contributed by atoms with Crippen molar-refractivity contribution in [2.75, 3.05) is 5.75 Å². The molecular weight excluding hydrogens is 270 g/mol. The molecule has 20 heavy (non-hydrogen) atoms. The molecule has 1 aromatic heterocycles. The summed E-state index contributed by atoms with van der Waals surface area (Å²) < 4.78 is 6.08. The number of ether oxygens (including phenoxy) is 1. The van der Waals surface area contributed by atoms with E-state index in [2.05, 4.69) is 16.5 Å². The zero-order chi connectivity index (χ0) is 13.8. The lowest BCUT2D eigenvalue weighted by molar-refractivity contribution is 0.165. The van der Waals surface area contributed by atoms with Crippen molar-refractivity contribution in [2.45, 2.75) is 23.5 Å². The summed E-state index contributed by atoms with van der Waals surface area (Å²) in [5.41, 5.74) is 4.10. The molecule has 1 aromatic carbocycles. The summed E-state index contributed by atoms with van der Waals surface area (Å²) in [6, 6.07) is 12.2. The maximum Gasteiger partial charge on any atom is 0.133 e. The number of benzene rings is 1. The number of pyridine rings is 1. The van der Waals surface area contributed by atoms with Gasteiger partial charge in [-0.3, -0.25) is 16.3 Å². The van der Waals surface area contributed by atoms with Gasteiger partial charge in [0.15, 0.2) is 0 Å².